The number of carbonyl (C=O) groups is 2. The molecule has 0 aromatic rings. The first-order chi connectivity index (χ1) is 8.45. The van der Waals surface area contributed by atoms with E-state index in [1.54, 1.807) is 26.0 Å². The molecule has 0 aromatic heterocycles. The predicted molar refractivity (Wildman–Crippen MR) is 71.1 cm³/mol. The van der Waals surface area contributed by atoms with Gasteiger partial charge < -0.3 is 5.11 Å². The van der Waals surface area contributed by atoms with Crippen molar-refractivity contribution in [3.63, 3.8) is 0 Å². The fourth-order valence-electron chi connectivity index (χ4n) is 1.98. The summed E-state index contributed by atoms with van der Waals surface area (Å²) in [6.07, 6.45) is 6.77. The number of hydrogen-bond acceptors (Lipinski definition) is 3. The molecule has 1 N–H and O–H groups in total. The molecule has 18 heavy (non-hydrogen) atoms. The molecule has 3 nitrogen and oxygen atoms in total. The van der Waals surface area contributed by atoms with E-state index in [4.69, 9.17) is 0 Å². The van der Waals surface area contributed by atoms with Gasteiger partial charge in [-0.15, -0.1) is 0 Å². The van der Waals surface area contributed by atoms with Crippen LogP contribution in [0.4, 0.5) is 0 Å². The van der Waals surface area contributed by atoms with Crippen LogP contribution in [-0.4, -0.2) is 23.3 Å². The molecule has 0 fully saturated rings. The fraction of sp³-hybridized carbons (Fsp3) is 0.467. The van der Waals surface area contributed by atoms with Gasteiger partial charge in [0.25, 0.3) is 0 Å². The summed E-state index contributed by atoms with van der Waals surface area (Å²) in [4.78, 5) is 22.0. The van der Waals surface area contributed by atoms with Crippen LogP contribution in [-0.2, 0) is 9.59 Å². The summed E-state index contributed by atoms with van der Waals surface area (Å²) in [6, 6.07) is 0. The van der Waals surface area contributed by atoms with Crippen molar-refractivity contribution in [2.45, 2.75) is 39.7 Å². The first-order valence-corrected chi connectivity index (χ1v) is 6.20. The molecule has 0 spiro atoms. The van der Waals surface area contributed by atoms with Gasteiger partial charge in [0.05, 0.1) is 6.10 Å². The molecule has 98 valence electrons. The number of aliphatic hydroxyl groups is 1. The molecule has 0 aromatic carbocycles. The fourth-order valence-corrected chi connectivity index (χ4v) is 1.98. The average molecular weight is 248 g/mol. The van der Waals surface area contributed by atoms with Crippen molar-refractivity contribution < 1.29 is 14.7 Å². The topological polar surface area (TPSA) is 54.4 Å². The Balaban J connectivity index is 2.62. The van der Waals surface area contributed by atoms with Crippen molar-refractivity contribution in [3.8, 4) is 0 Å². The minimum absolute atomic E-state index is 0.0261. The molecule has 1 rings (SSSR count). The van der Waals surface area contributed by atoms with Crippen LogP contribution in [0.2, 0.25) is 0 Å². The van der Waals surface area contributed by atoms with Gasteiger partial charge in [-0.1, -0.05) is 13.0 Å². The van der Waals surface area contributed by atoms with Crippen LogP contribution in [0, 0.1) is 5.92 Å². The van der Waals surface area contributed by atoms with E-state index in [0.717, 1.165) is 24.7 Å². The van der Waals surface area contributed by atoms with Crippen molar-refractivity contribution in [3.05, 3.63) is 34.9 Å². The summed E-state index contributed by atoms with van der Waals surface area (Å²) in [6.45, 7) is 5.46. The van der Waals surface area contributed by atoms with Crippen molar-refractivity contribution in [2.75, 3.05) is 0 Å². The second-order valence-corrected chi connectivity index (χ2v) is 4.85. The highest BCUT2D eigenvalue weighted by atomic mass is 16.3. The van der Waals surface area contributed by atoms with Gasteiger partial charge in [-0.25, -0.2) is 0 Å². The smallest absolute Gasteiger partial charge is 0.181 e. The molecular formula is C15H20O3. The molecule has 1 aliphatic rings. The standard InChI is InChI=1S/C15H20O3/c1-10(9-16)5-4-6-11(2)13-8-14(17)12(3)7-15(13)18/h5,7-9,11,15,18H,4,6H2,1-3H3/b10-5+. The van der Waals surface area contributed by atoms with E-state index in [1.165, 1.54) is 0 Å². The molecule has 1 aliphatic carbocycles. The Morgan fingerprint density at radius 1 is 1.56 bits per heavy atom. The van der Waals surface area contributed by atoms with Crippen LogP contribution >= 0.6 is 0 Å². The Labute approximate surface area is 108 Å². The zero-order chi connectivity index (χ0) is 13.7. The first kappa shape index (κ1) is 14.6. The molecule has 0 radical (unpaired) electrons. The Hall–Kier alpha value is -1.48. The van der Waals surface area contributed by atoms with Gasteiger partial charge >= 0.3 is 0 Å². The number of aliphatic hydroxyl groups excluding tert-OH is 1. The molecule has 0 amide bonds. The first-order valence-electron chi connectivity index (χ1n) is 6.20. The van der Waals surface area contributed by atoms with E-state index in [-0.39, 0.29) is 11.7 Å². The van der Waals surface area contributed by atoms with Gasteiger partial charge in [0.1, 0.15) is 6.29 Å². The van der Waals surface area contributed by atoms with Gasteiger partial charge in [-0.2, -0.15) is 0 Å². The van der Waals surface area contributed by atoms with Gasteiger partial charge in [0.2, 0.25) is 0 Å². The maximum Gasteiger partial charge on any atom is 0.181 e. The summed E-state index contributed by atoms with van der Waals surface area (Å²) in [5.74, 6) is 0.103. The van der Waals surface area contributed by atoms with Crippen LogP contribution in [0.3, 0.4) is 0 Å². The minimum Gasteiger partial charge on any atom is -0.385 e. The molecule has 0 saturated heterocycles. The minimum atomic E-state index is -0.658. The van der Waals surface area contributed by atoms with E-state index in [9.17, 15) is 14.7 Å². The summed E-state index contributed by atoms with van der Waals surface area (Å²) in [5.41, 5.74) is 2.07. The van der Waals surface area contributed by atoms with Crippen LogP contribution in [0.25, 0.3) is 0 Å². The van der Waals surface area contributed by atoms with Crippen LogP contribution in [0.1, 0.15) is 33.6 Å². The number of allylic oxidation sites excluding steroid dienone is 4. The second-order valence-electron chi connectivity index (χ2n) is 4.85. The molecule has 0 bridgehead atoms. The molecule has 0 saturated carbocycles. The van der Waals surface area contributed by atoms with Crippen molar-refractivity contribution in [2.24, 2.45) is 5.92 Å². The normalized spacial score (nSPS) is 22.3. The molecule has 0 heterocycles. The van der Waals surface area contributed by atoms with Crippen molar-refractivity contribution in [1.29, 1.82) is 0 Å². The van der Waals surface area contributed by atoms with Crippen LogP contribution < -0.4 is 0 Å². The third-order valence-electron chi connectivity index (χ3n) is 3.26. The third-order valence-corrected chi connectivity index (χ3v) is 3.26. The number of ketones is 1. The Bertz CT molecular complexity index is 427. The maximum absolute atomic E-state index is 11.6. The summed E-state index contributed by atoms with van der Waals surface area (Å²) in [7, 11) is 0. The van der Waals surface area contributed by atoms with Gasteiger partial charge in [0.15, 0.2) is 5.78 Å². The molecule has 2 unspecified atom stereocenters. The number of hydrogen-bond donors (Lipinski definition) is 1. The molecule has 2 atom stereocenters. The number of carbonyl (C=O) groups excluding carboxylic acids is 2. The average Bonchev–Trinajstić information content (AvgIpc) is 2.33. The lowest BCUT2D eigenvalue weighted by molar-refractivity contribution is -0.111. The van der Waals surface area contributed by atoms with E-state index in [1.807, 2.05) is 13.0 Å². The lowest BCUT2D eigenvalue weighted by Crippen LogP contribution is -2.21. The molecule has 3 heteroatoms. The zero-order valence-electron chi connectivity index (χ0n) is 11.1. The Morgan fingerprint density at radius 2 is 2.22 bits per heavy atom. The lowest BCUT2D eigenvalue weighted by Gasteiger charge is -2.22. The van der Waals surface area contributed by atoms with E-state index >= 15 is 0 Å². The highest BCUT2D eigenvalue weighted by Gasteiger charge is 2.21. The third kappa shape index (κ3) is 3.77. The summed E-state index contributed by atoms with van der Waals surface area (Å²) >= 11 is 0. The zero-order valence-corrected chi connectivity index (χ0v) is 11.1. The van der Waals surface area contributed by atoms with Crippen LogP contribution in [0.15, 0.2) is 34.9 Å². The van der Waals surface area contributed by atoms with E-state index < -0.39 is 6.10 Å². The molecular weight excluding hydrogens is 228 g/mol. The van der Waals surface area contributed by atoms with Gasteiger partial charge in [0, 0.05) is 0 Å². The van der Waals surface area contributed by atoms with E-state index in [2.05, 4.69) is 0 Å². The van der Waals surface area contributed by atoms with Gasteiger partial charge in [-0.05, 0) is 61.5 Å². The predicted octanol–water partition coefficient (Wildman–Crippen LogP) is 2.36. The van der Waals surface area contributed by atoms with Crippen molar-refractivity contribution >= 4 is 12.1 Å². The van der Waals surface area contributed by atoms with Gasteiger partial charge in [-0.3, -0.25) is 9.59 Å². The highest BCUT2D eigenvalue weighted by Crippen LogP contribution is 2.25. The Morgan fingerprint density at radius 3 is 2.83 bits per heavy atom. The summed E-state index contributed by atoms with van der Waals surface area (Å²) in [5, 5.41) is 9.91. The Kier molecular flexibility index (Phi) is 5.23. The van der Waals surface area contributed by atoms with E-state index in [0.29, 0.717) is 11.1 Å². The molecule has 0 aliphatic heterocycles. The quantitative estimate of drug-likeness (QED) is 0.600. The second kappa shape index (κ2) is 6.45. The lowest BCUT2D eigenvalue weighted by atomic mass is 9.86. The maximum atomic E-state index is 11.6. The van der Waals surface area contributed by atoms with Crippen molar-refractivity contribution in [1.82, 2.24) is 0 Å². The highest BCUT2D eigenvalue weighted by molar-refractivity contribution is 6.05. The summed E-state index contributed by atoms with van der Waals surface area (Å²) < 4.78 is 0. The van der Waals surface area contributed by atoms with Crippen LogP contribution in [0.5, 0.6) is 0 Å². The number of rotatable bonds is 5. The number of aldehydes is 1. The monoisotopic (exact) mass is 248 g/mol. The SMILES string of the molecule is CC1=CC(O)C(C(C)CC/C=C(\C)C=O)=CC1=O. The largest absolute Gasteiger partial charge is 0.385 e.